The van der Waals surface area contributed by atoms with Crippen molar-refractivity contribution >= 4 is 23.1 Å². The summed E-state index contributed by atoms with van der Waals surface area (Å²) in [5.74, 6) is 0.513. The van der Waals surface area contributed by atoms with Crippen LogP contribution in [0.2, 0.25) is 5.02 Å². The van der Waals surface area contributed by atoms with Gasteiger partial charge in [-0.3, -0.25) is 5.10 Å². The summed E-state index contributed by atoms with van der Waals surface area (Å²) in [6.45, 7) is 0.728. The Kier molecular flexibility index (Phi) is 3.01. The van der Waals surface area contributed by atoms with Gasteiger partial charge >= 0.3 is 0 Å². The maximum atomic E-state index is 5.83. The zero-order valence-electron chi connectivity index (χ0n) is 8.94. The van der Waals surface area contributed by atoms with Crippen LogP contribution in [0.5, 0.6) is 0 Å². The van der Waals surface area contributed by atoms with E-state index in [1.165, 1.54) is 0 Å². The molecule has 1 aromatic carbocycles. The Morgan fingerprint density at radius 3 is 2.62 bits per heavy atom. The maximum Gasteiger partial charge on any atom is 0.145 e. The molecule has 2 rings (SSSR count). The summed E-state index contributed by atoms with van der Waals surface area (Å²) in [4.78, 5) is 2.09. The molecule has 5 heteroatoms. The molecule has 0 saturated carbocycles. The number of benzene rings is 1. The first-order valence-corrected chi connectivity index (χ1v) is 5.29. The molecule has 3 N–H and O–H groups in total. The lowest BCUT2D eigenvalue weighted by molar-refractivity contribution is 0.870. The standard InChI is InChI=1S/C11H13ClN4/c1-16(7-9-6-11(13)15-14-9)10-4-2-8(12)3-5-10/h2-6H,7H2,1H3,(H3,13,14,15). The normalized spacial score (nSPS) is 10.4. The number of nitrogens with two attached hydrogens (primary N) is 1. The second-order valence-electron chi connectivity index (χ2n) is 3.65. The van der Waals surface area contributed by atoms with Crippen LogP contribution < -0.4 is 10.6 Å². The lowest BCUT2D eigenvalue weighted by Gasteiger charge is -2.18. The summed E-state index contributed by atoms with van der Waals surface area (Å²) in [6, 6.07) is 9.51. The van der Waals surface area contributed by atoms with Crippen molar-refractivity contribution in [2.24, 2.45) is 0 Å². The molecule has 0 aliphatic carbocycles. The summed E-state index contributed by atoms with van der Waals surface area (Å²) >= 11 is 5.83. The van der Waals surface area contributed by atoms with Gasteiger partial charge in [-0.2, -0.15) is 5.10 Å². The summed E-state index contributed by atoms with van der Waals surface area (Å²) in [5, 5.41) is 7.50. The topological polar surface area (TPSA) is 57.9 Å². The molecule has 0 aliphatic rings. The van der Waals surface area contributed by atoms with Crippen molar-refractivity contribution in [3.8, 4) is 0 Å². The molecule has 0 spiro atoms. The average molecular weight is 237 g/mol. The quantitative estimate of drug-likeness (QED) is 0.860. The second-order valence-corrected chi connectivity index (χ2v) is 4.09. The molecule has 0 bridgehead atoms. The fourth-order valence-corrected chi connectivity index (χ4v) is 1.63. The van der Waals surface area contributed by atoms with Gasteiger partial charge in [0, 0.05) is 23.8 Å². The smallest absolute Gasteiger partial charge is 0.145 e. The van der Waals surface area contributed by atoms with Crippen molar-refractivity contribution in [2.75, 3.05) is 17.7 Å². The number of nitrogens with one attached hydrogen (secondary N) is 1. The Balaban J connectivity index is 2.08. The largest absolute Gasteiger partial charge is 0.382 e. The third-order valence-corrected chi connectivity index (χ3v) is 2.58. The zero-order valence-corrected chi connectivity index (χ0v) is 9.70. The van der Waals surface area contributed by atoms with Crippen molar-refractivity contribution in [1.29, 1.82) is 0 Å². The molecule has 4 nitrogen and oxygen atoms in total. The molecule has 0 unspecified atom stereocenters. The Bertz CT molecular complexity index is 463. The van der Waals surface area contributed by atoms with Crippen LogP contribution in [0.4, 0.5) is 11.5 Å². The van der Waals surface area contributed by atoms with Crippen LogP contribution in [0.25, 0.3) is 0 Å². The number of halogens is 1. The molecule has 1 aromatic heterocycles. The highest BCUT2D eigenvalue weighted by atomic mass is 35.5. The molecular formula is C11H13ClN4. The van der Waals surface area contributed by atoms with E-state index in [1.54, 1.807) is 0 Å². The van der Waals surface area contributed by atoms with Crippen LogP contribution in [0, 0.1) is 0 Å². The molecule has 16 heavy (non-hydrogen) atoms. The highest BCUT2D eigenvalue weighted by Crippen LogP contribution is 2.18. The van der Waals surface area contributed by atoms with Crippen LogP contribution in [0.15, 0.2) is 30.3 Å². The van der Waals surface area contributed by atoms with Gasteiger partial charge in [0.1, 0.15) is 5.82 Å². The number of rotatable bonds is 3. The maximum absolute atomic E-state index is 5.83. The number of anilines is 2. The second kappa shape index (κ2) is 4.45. The number of aromatic amines is 1. The summed E-state index contributed by atoms with van der Waals surface area (Å²) in [7, 11) is 2.00. The third-order valence-electron chi connectivity index (χ3n) is 2.33. The first kappa shape index (κ1) is 10.8. The molecule has 0 saturated heterocycles. The minimum atomic E-state index is 0.513. The van der Waals surface area contributed by atoms with E-state index >= 15 is 0 Å². The predicted molar refractivity (Wildman–Crippen MR) is 66.6 cm³/mol. The van der Waals surface area contributed by atoms with E-state index in [4.69, 9.17) is 17.3 Å². The van der Waals surface area contributed by atoms with Gasteiger partial charge in [0.25, 0.3) is 0 Å². The summed E-state index contributed by atoms with van der Waals surface area (Å²) < 4.78 is 0. The monoisotopic (exact) mass is 236 g/mol. The van der Waals surface area contributed by atoms with Crippen molar-refractivity contribution in [3.05, 3.63) is 41.0 Å². The number of H-pyrrole nitrogens is 1. The minimum Gasteiger partial charge on any atom is -0.382 e. The lowest BCUT2D eigenvalue weighted by Crippen LogP contribution is -2.16. The highest BCUT2D eigenvalue weighted by Gasteiger charge is 2.04. The van der Waals surface area contributed by atoms with Crippen molar-refractivity contribution < 1.29 is 0 Å². The van der Waals surface area contributed by atoms with Gasteiger partial charge in [0.05, 0.1) is 12.2 Å². The fourth-order valence-electron chi connectivity index (χ4n) is 1.50. The van der Waals surface area contributed by atoms with Gasteiger partial charge in [0.2, 0.25) is 0 Å². The van der Waals surface area contributed by atoms with Gasteiger partial charge < -0.3 is 10.6 Å². The van der Waals surface area contributed by atoms with E-state index in [2.05, 4.69) is 15.1 Å². The molecule has 0 fully saturated rings. The van der Waals surface area contributed by atoms with E-state index in [-0.39, 0.29) is 0 Å². The molecule has 0 aliphatic heterocycles. The van der Waals surface area contributed by atoms with Crippen LogP contribution in [0.1, 0.15) is 5.69 Å². The Labute approximate surface area is 99.0 Å². The van der Waals surface area contributed by atoms with Crippen LogP contribution in [-0.2, 0) is 6.54 Å². The number of nitrogen functional groups attached to an aromatic ring is 1. The summed E-state index contributed by atoms with van der Waals surface area (Å²) in [6.07, 6.45) is 0. The number of nitrogens with zero attached hydrogens (tertiary/aromatic N) is 2. The van der Waals surface area contributed by atoms with Crippen molar-refractivity contribution in [3.63, 3.8) is 0 Å². The average Bonchev–Trinajstić information content (AvgIpc) is 2.65. The van der Waals surface area contributed by atoms with Gasteiger partial charge in [-0.15, -0.1) is 0 Å². The molecular weight excluding hydrogens is 224 g/mol. The van der Waals surface area contributed by atoms with Crippen LogP contribution in [-0.4, -0.2) is 17.2 Å². The Morgan fingerprint density at radius 1 is 1.38 bits per heavy atom. The van der Waals surface area contributed by atoms with Gasteiger partial charge in [0.15, 0.2) is 0 Å². The van der Waals surface area contributed by atoms with E-state index in [1.807, 2.05) is 37.4 Å². The van der Waals surface area contributed by atoms with Gasteiger partial charge in [-0.1, -0.05) is 11.6 Å². The SMILES string of the molecule is CN(Cc1cc(N)n[nH]1)c1ccc(Cl)cc1. The van der Waals surface area contributed by atoms with E-state index in [9.17, 15) is 0 Å². The van der Waals surface area contributed by atoms with E-state index in [0.29, 0.717) is 5.82 Å². The minimum absolute atomic E-state index is 0.513. The number of hydrogen-bond acceptors (Lipinski definition) is 3. The molecule has 0 atom stereocenters. The lowest BCUT2D eigenvalue weighted by atomic mass is 10.3. The Morgan fingerprint density at radius 2 is 2.06 bits per heavy atom. The molecule has 1 heterocycles. The summed E-state index contributed by atoms with van der Waals surface area (Å²) in [5.41, 5.74) is 7.61. The molecule has 0 amide bonds. The van der Waals surface area contributed by atoms with Crippen LogP contribution in [0.3, 0.4) is 0 Å². The first-order chi connectivity index (χ1) is 7.65. The molecule has 2 aromatic rings. The number of hydrogen-bond donors (Lipinski definition) is 2. The molecule has 0 radical (unpaired) electrons. The molecule has 84 valence electrons. The zero-order chi connectivity index (χ0) is 11.5. The van der Waals surface area contributed by atoms with Crippen molar-refractivity contribution in [1.82, 2.24) is 10.2 Å². The van der Waals surface area contributed by atoms with E-state index < -0.39 is 0 Å². The fraction of sp³-hybridized carbons (Fsp3) is 0.182. The first-order valence-electron chi connectivity index (χ1n) is 4.91. The predicted octanol–water partition coefficient (Wildman–Crippen LogP) is 2.28. The number of aromatic nitrogens is 2. The van der Waals surface area contributed by atoms with E-state index in [0.717, 1.165) is 22.9 Å². The van der Waals surface area contributed by atoms with Gasteiger partial charge in [-0.25, -0.2) is 0 Å². The van der Waals surface area contributed by atoms with Crippen LogP contribution >= 0.6 is 11.6 Å². The third kappa shape index (κ3) is 2.46. The van der Waals surface area contributed by atoms with Crippen molar-refractivity contribution in [2.45, 2.75) is 6.54 Å². The Hall–Kier alpha value is -1.68. The van der Waals surface area contributed by atoms with Gasteiger partial charge in [-0.05, 0) is 24.3 Å². The highest BCUT2D eigenvalue weighted by molar-refractivity contribution is 6.30.